The largest absolute Gasteiger partial charge is 0.347 e. The number of rotatable bonds is 3. The second-order valence-electron chi connectivity index (χ2n) is 4.27. The zero-order valence-electron chi connectivity index (χ0n) is 10.0. The Balaban J connectivity index is 1.96. The van der Waals surface area contributed by atoms with Gasteiger partial charge in [-0.2, -0.15) is 0 Å². The monoisotopic (exact) mass is 254 g/mol. The van der Waals surface area contributed by atoms with Crippen LogP contribution >= 0.6 is 11.5 Å². The van der Waals surface area contributed by atoms with Crippen molar-refractivity contribution in [2.75, 3.05) is 13.1 Å². The van der Waals surface area contributed by atoms with Gasteiger partial charge in [0.2, 0.25) is 0 Å². The molecule has 1 atom stereocenters. The van der Waals surface area contributed by atoms with E-state index in [1.54, 1.807) is 0 Å². The fourth-order valence-electron chi connectivity index (χ4n) is 2.01. The first kappa shape index (κ1) is 12.4. The van der Waals surface area contributed by atoms with E-state index in [4.69, 9.17) is 0 Å². The molecule has 2 rings (SSSR count). The first-order valence-electron chi connectivity index (χ1n) is 6.14. The first-order valence-corrected chi connectivity index (χ1v) is 6.91. The highest BCUT2D eigenvalue weighted by Crippen LogP contribution is 2.12. The van der Waals surface area contributed by atoms with Crippen molar-refractivity contribution in [3.63, 3.8) is 0 Å². The molecule has 1 aliphatic rings. The molecule has 0 aromatic carbocycles. The van der Waals surface area contributed by atoms with Crippen LogP contribution in [-0.4, -0.2) is 34.6 Å². The molecule has 0 radical (unpaired) electrons. The molecule has 1 aliphatic heterocycles. The van der Waals surface area contributed by atoms with Gasteiger partial charge in [-0.1, -0.05) is 17.8 Å². The number of hydrogen-bond donors (Lipinski definition) is 2. The Kier molecular flexibility index (Phi) is 4.44. The van der Waals surface area contributed by atoms with Crippen molar-refractivity contribution in [1.82, 2.24) is 20.2 Å². The van der Waals surface area contributed by atoms with Crippen molar-refractivity contribution in [3.8, 4) is 0 Å². The highest BCUT2D eigenvalue weighted by atomic mass is 32.1. The van der Waals surface area contributed by atoms with Crippen LogP contribution in [-0.2, 0) is 6.42 Å². The van der Waals surface area contributed by atoms with Gasteiger partial charge in [-0.15, -0.1) is 5.10 Å². The maximum atomic E-state index is 12.1. The second kappa shape index (κ2) is 6.07. The SMILES string of the molecule is CCc1nnsc1C(=O)NC1CCCCNC1. The van der Waals surface area contributed by atoms with Gasteiger partial charge >= 0.3 is 0 Å². The van der Waals surface area contributed by atoms with Crippen LogP contribution in [0.2, 0.25) is 0 Å². The van der Waals surface area contributed by atoms with E-state index in [2.05, 4.69) is 20.2 Å². The summed E-state index contributed by atoms with van der Waals surface area (Å²) >= 11 is 1.18. The first-order chi connectivity index (χ1) is 8.31. The van der Waals surface area contributed by atoms with Crippen LogP contribution < -0.4 is 10.6 Å². The van der Waals surface area contributed by atoms with Crippen LogP contribution in [0.15, 0.2) is 0 Å². The van der Waals surface area contributed by atoms with E-state index in [1.807, 2.05) is 6.92 Å². The van der Waals surface area contributed by atoms with Crippen LogP contribution in [0, 0.1) is 0 Å². The number of aryl methyl sites for hydroxylation is 1. The molecule has 94 valence electrons. The average Bonchev–Trinajstić information content (AvgIpc) is 2.68. The number of aromatic nitrogens is 2. The molecule has 1 saturated heterocycles. The van der Waals surface area contributed by atoms with E-state index in [0.29, 0.717) is 4.88 Å². The minimum atomic E-state index is -0.0226. The van der Waals surface area contributed by atoms with Gasteiger partial charge in [-0.25, -0.2) is 0 Å². The Morgan fingerprint density at radius 2 is 2.47 bits per heavy atom. The van der Waals surface area contributed by atoms with Gasteiger partial charge in [0.25, 0.3) is 5.91 Å². The molecule has 6 heteroatoms. The lowest BCUT2D eigenvalue weighted by Gasteiger charge is -2.15. The van der Waals surface area contributed by atoms with Gasteiger partial charge in [-0.3, -0.25) is 4.79 Å². The summed E-state index contributed by atoms with van der Waals surface area (Å²) in [7, 11) is 0. The van der Waals surface area contributed by atoms with Crippen molar-refractivity contribution in [2.24, 2.45) is 0 Å². The van der Waals surface area contributed by atoms with Gasteiger partial charge in [0, 0.05) is 12.6 Å². The summed E-state index contributed by atoms with van der Waals surface area (Å²) in [6.07, 6.45) is 4.16. The van der Waals surface area contributed by atoms with E-state index in [0.717, 1.165) is 31.6 Å². The molecule has 0 spiro atoms. The van der Waals surface area contributed by atoms with Crippen LogP contribution in [0.4, 0.5) is 0 Å². The minimum Gasteiger partial charge on any atom is -0.347 e. The third-order valence-corrected chi connectivity index (χ3v) is 3.75. The van der Waals surface area contributed by atoms with E-state index in [1.165, 1.54) is 24.4 Å². The van der Waals surface area contributed by atoms with Gasteiger partial charge in [0.15, 0.2) is 0 Å². The highest BCUT2D eigenvalue weighted by molar-refractivity contribution is 7.08. The summed E-state index contributed by atoms with van der Waals surface area (Å²) in [5.74, 6) is -0.0226. The number of nitrogens with one attached hydrogen (secondary N) is 2. The van der Waals surface area contributed by atoms with E-state index in [-0.39, 0.29) is 11.9 Å². The zero-order valence-corrected chi connectivity index (χ0v) is 10.8. The van der Waals surface area contributed by atoms with Crippen molar-refractivity contribution in [1.29, 1.82) is 0 Å². The Hall–Kier alpha value is -1.01. The average molecular weight is 254 g/mol. The molecule has 1 unspecified atom stereocenters. The number of nitrogens with zero attached hydrogens (tertiary/aromatic N) is 2. The minimum absolute atomic E-state index is 0.0226. The maximum absolute atomic E-state index is 12.1. The number of hydrogen-bond acceptors (Lipinski definition) is 5. The molecule has 5 nitrogen and oxygen atoms in total. The van der Waals surface area contributed by atoms with Crippen molar-refractivity contribution < 1.29 is 4.79 Å². The third-order valence-electron chi connectivity index (χ3n) is 2.98. The fourth-order valence-corrected chi connectivity index (χ4v) is 2.66. The Labute approximate surface area is 105 Å². The predicted molar refractivity (Wildman–Crippen MR) is 67.3 cm³/mol. The van der Waals surface area contributed by atoms with Gasteiger partial charge in [-0.05, 0) is 37.3 Å². The summed E-state index contributed by atoms with van der Waals surface area (Å²) in [5, 5.41) is 10.4. The van der Waals surface area contributed by atoms with E-state index in [9.17, 15) is 4.79 Å². The third kappa shape index (κ3) is 3.23. The standard InChI is InChI=1S/C11H18N4OS/c1-2-9-10(17-15-14-9)11(16)13-8-5-3-4-6-12-7-8/h8,12H,2-7H2,1H3,(H,13,16). The highest BCUT2D eigenvalue weighted by Gasteiger charge is 2.19. The Morgan fingerprint density at radius 1 is 1.59 bits per heavy atom. The lowest BCUT2D eigenvalue weighted by molar-refractivity contribution is 0.0938. The van der Waals surface area contributed by atoms with Crippen molar-refractivity contribution in [3.05, 3.63) is 10.6 Å². The van der Waals surface area contributed by atoms with Crippen LogP contribution in [0.25, 0.3) is 0 Å². The molecule has 1 fully saturated rings. The van der Waals surface area contributed by atoms with Crippen LogP contribution in [0.1, 0.15) is 41.6 Å². The maximum Gasteiger partial charge on any atom is 0.265 e. The topological polar surface area (TPSA) is 66.9 Å². The zero-order chi connectivity index (χ0) is 12.1. The quantitative estimate of drug-likeness (QED) is 0.843. The van der Waals surface area contributed by atoms with E-state index >= 15 is 0 Å². The summed E-state index contributed by atoms with van der Waals surface area (Å²) in [6.45, 7) is 3.90. The molecule has 2 N–H and O–H groups in total. The molecule has 1 aromatic rings. The Morgan fingerprint density at radius 3 is 3.29 bits per heavy atom. The fraction of sp³-hybridized carbons (Fsp3) is 0.727. The molecule has 0 saturated carbocycles. The summed E-state index contributed by atoms with van der Waals surface area (Å²) in [6, 6.07) is 0.233. The second-order valence-corrected chi connectivity index (χ2v) is 5.03. The van der Waals surface area contributed by atoms with Gasteiger partial charge in [0.1, 0.15) is 4.88 Å². The molecule has 2 heterocycles. The predicted octanol–water partition coefficient (Wildman–Crippen LogP) is 0.972. The molecular formula is C11H18N4OS. The smallest absolute Gasteiger partial charge is 0.265 e. The number of amides is 1. The normalized spacial score (nSPS) is 20.9. The number of carbonyl (C=O) groups excluding carboxylic acids is 1. The van der Waals surface area contributed by atoms with Gasteiger partial charge in [0.05, 0.1) is 5.69 Å². The summed E-state index contributed by atoms with van der Waals surface area (Å²) < 4.78 is 3.84. The lowest BCUT2D eigenvalue weighted by atomic mass is 10.1. The molecule has 0 bridgehead atoms. The van der Waals surface area contributed by atoms with Gasteiger partial charge < -0.3 is 10.6 Å². The van der Waals surface area contributed by atoms with Crippen molar-refractivity contribution >= 4 is 17.4 Å². The molecular weight excluding hydrogens is 236 g/mol. The molecule has 17 heavy (non-hydrogen) atoms. The Bertz CT molecular complexity index is 371. The summed E-state index contributed by atoms with van der Waals surface area (Å²) in [4.78, 5) is 12.7. The summed E-state index contributed by atoms with van der Waals surface area (Å²) in [5.41, 5.74) is 0.800. The molecule has 0 aliphatic carbocycles. The van der Waals surface area contributed by atoms with Crippen LogP contribution in [0.3, 0.4) is 0 Å². The molecule has 1 amide bonds. The van der Waals surface area contributed by atoms with Crippen LogP contribution in [0.5, 0.6) is 0 Å². The van der Waals surface area contributed by atoms with E-state index < -0.39 is 0 Å². The number of carbonyl (C=O) groups is 1. The van der Waals surface area contributed by atoms with Crippen molar-refractivity contribution in [2.45, 2.75) is 38.6 Å². The molecule has 1 aromatic heterocycles. The lowest BCUT2D eigenvalue weighted by Crippen LogP contribution is -2.40.